The van der Waals surface area contributed by atoms with Crippen LogP contribution < -0.4 is 15.4 Å². The molecule has 0 saturated carbocycles. The van der Waals surface area contributed by atoms with E-state index in [1.807, 2.05) is 6.92 Å². The quantitative estimate of drug-likeness (QED) is 0.649. The van der Waals surface area contributed by atoms with Crippen molar-refractivity contribution in [3.8, 4) is 5.75 Å². The van der Waals surface area contributed by atoms with Gasteiger partial charge in [-0.1, -0.05) is 11.6 Å². The average Bonchev–Trinajstić information content (AvgIpc) is 2.54. The summed E-state index contributed by atoms with van der Waals surface area (Å²) in [6.45, 7) is 2.37. The van der Waals surface area contributed by atoms with Crippen LogP contribution in [0.15, 0.2) is 42.5 Å². The zero-order valence-corrected chi connectivity index (χ0v) is 15.8. The molecule has 2 N–H and O–H groups in total. The van der Waals surface area contributed by atoms with Crippen molar-refractivity contribution in [1.29, 1.82) is 0 Å². The molecule has 2 aromatic carbocycles. The first-order valence-corrected chi connectivity index (χ1v) is 8.71. The largest absolute Gasteiger partial charge is 0.484 e. The molecule has 0 heterocycles. The molecular formula is C17H16ClIN2O3. The van der Waals surface area contributed by atoms with Crippen molar-refractivity contribution in [3.05, 3.63) is 56.6 Å². The average molecular weight is 459 g/mol. The van der Waals surface area contributed by atoms with Gasteiger partial charge in [0, 0.05) is 20.8 Å². The summed E-state index contributed by atoms with van der Waals surface area (Å²) in [6, 6.07) is 11.9. The van der Waals surface area contributed by atoms with Crippen molar-refractivity contribution >= 4 is 51.7 Å². The van der Waals surface area contributed by atoms with Gasteiger partial charge in [-0.15, -0.1) is 0 Å². The topological polar surface area (TPSA) is 67.4 Å². The Morgan fingerprint density at radius 3 is 2.50 bits per heavy atom. The van der Waals surface area contributed by atoms with Gasteiger partial charge in [0.1, 0.15) is 5.75 Å². The zero-order chi connectivity index (χ0) is 17.5. The molecule has 0 bridgehead atoms. The molecule has 0 saturated heterocycles. The second-order valence-electron chi connectivity index (χ2n) is 4.84. The standard InChI is InChI=1S/C17H16ClIN2O3/c1-2-20-16(22)10-24-13-6-4-12(5-7-13)21-17(23)14-8-3-11(18)9-15(14)19/h3-9H,2,10H2,1H3,(H,20,22)(H,21,23). The Labute approximate surface area is 158 Å². The van der Waals surface area contributed by atoms with Gasteiger partial charge in [0.05, 0.1) is 5.56 Å². The number of carbonyl (C=O) groups excluding carboxylic acids is 2. The van der Waals surface area contributed by atoms with E-state index in [0.29, 0.717) is 28.6 Å². The van der Waals surface area contributed by atoms with E-state index in [-0.39, 0.29) is 18.4 Å². The summed E-state index contributed by atoms with van der Waals surface area (Å²) in [5.74, 6) is 0.166. The van der Waals surface area contributed by atoms with E-state index in [0.717, 1.165) is 3.57 Å². The molecule has 0 unspecified atom stereocenters. The fraction of sp³-hybridized carbons (Fsp3) is 0.176. The van der Waals surface area contributed by atoms with Crippen LogP contribution in [-0.2, 0) is 4.79 Å². The van der Waals surface area contributed by atoms with Crippen molar-refractivity contribution in [1.82, 2.24) is 5.32 Å². The van der Waals surface area contributed by atoms with E-state index >= 15 is 0 Å². The number of ether oxygens (including phenoxy) is 1. The Morgan fingerprint density at radius 1 is 1.17 bits per heavy atom. The van der Waals surface area contributed by atoms with Crippen LogP contribution >= 0.6 is 34.2 Å². The lowest BCUT2D eigenvalue weighted by Crippen LogP contribution is -2.28. The van der Waals surface area contributed by atoms with E-state index in [1.165, 1.54) is 0 Å². The van der Waals surface area contributed by atoms with Crippen molar-refractivity contribution < 1.29 is 14.3 Å². The highest BCUT2D eigenvalue weighted by molar-refractivity contribution is 14.1. The smallest absolute Gasteiger partial charge is 0.257 e. The number of halogens is 2. The predicted octanol–water partition coefficient (Wildman–Crippen LogP) is 3.71. The van der Waals surface area contributed by atoms with Crippen molar-refractivity contribution in [2.45, 2.75) is 6.92 Å². The van der Waals surface area contributed by atoms with Crippen molar-refractivity contribution in [3.63, 3.8) is 0 Å². The number of carbonyl (C=O) groups is 2. The first kappa shape index (κ1) is 18.5. The molecule has 0 aliphatic rings. The first-order chi connectivity index (χ1) is 11.5. The second kappa shape index (κ2) is 8.89. The van der Waals surface area contributed by atoms with Crippen LogP contribution in [0.4, 0.5) is 5.69 Å². The Kier molecular flexibility index (Phi) is 6.86. The van der Waals surface area contributed by atoms with E-state index in [4.69, 9.17) is 16.3 Å². The van der Waals surface area contributed by atoms with Gasteiger partial charge in [-0.05, 0) is 72.0 Å². The summed E-state index contributed by atoms with van der Waals surface area (Å²) in [6.07, 6.45) is 0. The van der Waals surface area contributed by atoms with Crippen LogP contribution in [0.5, 0.6) is 5.75 Å². The molecule has 0 aliphatic carbocycles. The van der Waals surface area contributed by atoms with Gasteiger partial charge in [-0.3, -0.25) is 9.59 Å². The molecule has 126 valence electrons. The van der Waals surface area contributed by atoms with Crippen LogP contribution in [0.25, 0.3) is 0 Å². The number of likely N-dealkylation sites (N-methyl/N-ethyl adjacent to an activating group) is 1. The van der Waals surface area contributed by atoms with Gasteiger partial charge >= 0.3 is 0 Å². The first-order valence-electron chi connectivity index (χ1n) is 7.25. The highest BCUT2D eigenvalue weighted by Gasteiger charge is 2.10. The molecule has 2 aromatic rings. The van der Waals surface area contributed by atoms with E-state index in [2.05, 4.69) is 33.2 Å². The van der Waals surface area contributed by atoms with Gasteiger partial charge in [0.25, 0.3) is 11.8 Å². The minimum atomic E-state index is -0.216. The van der Waals surface area contributed by atoms with Crippen molar-refractivity contribution in [2.75, 3.05) is 18.5 Å². The Morgan fingerprint density at radius 2 is 1.88 bits per heavy atom. The fourth-order valence-electron chi connectivity index (χ4n) is 1.90. The summed E-state index contributed by atoms with van der Waals surface area (Å²) in [4.78, 5) is 23.6. The molecule has 5 nitrogen and oxygen atoms in total. The maximum Gasteiger partial charge on any atom is 0.257 e. The fourth-order valence-corrected chi connectivity index (χ4v) is 3.02. The maximum atomic E-state index is 12.3. The lowest BCUT2D eigenvalue weighted by Gasteiger charge is -2.09. The van der Waals surface area contributed by atoms with E-state index in [9.17, 15) is 9.59 Å². The van der Waals surface area contributed by atoms with Gasteiger partial charge in [-0.25, -0.2) is 0 Å². The number of amides is 2. The zero-order valence-electron chi connectivity index (χ0n) is 12.9. The molecule has 0 atom stereocenters. The normalized spacial score (nSPS) is 10.1. The SMILES string of the molecule is CCNC(=O)COc1ccc(NC(=O)c2ccc(Cl)cc2I)cc1. The van der Waals surface area contributed by atoms with E-state index in [1.54, 1.807) is 42.5 Å². The van der Waals surface area contributed by atoms with Crippen LogP contribution in [0, 0.1) is 3.57 Å². The van der Waals surface area contributed by atoms with E-state index < -0.39 is 0 Å². The molecule has 0 spiro atoms. The number of hydrogen-bond acceptors (Lipinski definition) is 3. The Bertz CT molecular complexity index is 735. The minimum absolute atomic E-state index is 0.0392. The summed E-state index contributed by atoms with van der Waals surface area (Å²) in [5.41, 5.74) is 1.19. The van der Waals surface area contributed by atoms with Gasteiger partial charge in [-0.2, -0.15) is 0 Å². The molecular weight excluding hydrogens is 443 g/mol. The number of rotatable bonds is 6. The van der Waals surface area contributed by atoms with Crippen LogP contribution in [0.1, 0.15) is 17.3 Å². The van der Waals surface area contributed by atoms with Gasteiger partial charge in [0.15, 0.2) is 6.61 Å². The number of anilines is 1. The highest BCUT2D eigenvalue weighted by Crippen LogP contribution is 2.20. The molecule has 0 aromatic heterocycles. The lowest BCUT2D eigenvalue weighted by molar-refractivity contribution is -0.122. The third-order valence-electron chi connectivity index (χ3n) is 3.03. The van der Waals surface area contributed by atoms with Gasteiger partial charge in [0.2, 0.25) is 0 Å². The number of hydrogen-bond donors (Lipinski definition) is 2. The summed E-state index contributed by atoms with van der Waals surface area (Å²) in [7, 11) is 0. The summed E-state index contributed by atoms with van der Waals surface area (Å²) >= 11 is 7.96. The number of nitrogens with one attached hydrogen (secondary N) is 2. The summed E-state index contributed by atoms with van der Waals surface area (Å²) in [5, 5.41) is 6.05. The van der Waals surface area contributed by atoms with Crippen molar-refractivity contribution in [2.24, 2.45) is 0 Å². The third-order valence-corrected chi connectivity index (χ3v) is 4.16. The molecule has 2 rings (SSSR count). The minimum Gasteiger partial charge on any atom is -0.484 e. The Hall–Kier alpha value is -1.80. The van der Waals surface area contributed by atoms with Gasteiger partial charge < -0.3 is 15.4 Å². The molecule has 0 aliphatic heterocycles. The van der Waals surface area contributed by atoms with Crippen LogP contribution in [-0.4, -0.2) is 25.0 Å². The highest BCUT2D eigenvalue weighted by atomic mass is 127. The lowest BCUT2D eigenvalue weighted by atomic mass is 10.2. The monoisotopic (exact) mass is 458 g/mol. The van der Waals surface area contributed by atoms with Crippen LogP contribution in [0.2, 0.25) is 5.02 Å². The number of benzene rings is 2. The third kappa shape index (κ3) is 5.38. The molecule has 7 heteroatoms. The molecule has 24 heavy (non-hydrogen) atoms. The molecule has 2 amide bonds. The molecule has 0 fully saturated rings. The Balaban J connectivity index is 1.96. The maximum absolute atomic E-state index is 12.3. The predicted molar refractivity (Wildman–Crippen MR) is 103 cm³/mol. The summed E-state index contributed by atoms with van der Waals surface area (Å²) < 4.78 is 6.13. The van der Waals surface area contributed by atoms with Crippen LogP contribution in [0.3, 0.4) is 0 Å². The second-order valence-corrected chi connectivity index (χ2v) is 6.44. The molecule has 0 radical (unpaired) electrons.